The van der Waals surface area contributed by atoms with Crippen molar-refractivity contribution in [2.24, 2.45) is 33.5 Å². The number of epoxide rings is 1. The number of fused-ring (bicyclic) bond motifs is 3. The molecule has 6 nitrogen and oxygen atoms in total. The number of aliphatic hydroxyl groups is 1. The Bertz CT molecular complexity index is 998. The van der Waals surface area contributed by atoms with Crippen molar-refractivity contribution in [3.8, 4) is 0 Å². The van der Waals surface area contributed by atoms with E-state index in [2.05, 4.69) is 34.6 Å². The number of hydrogen-bond donors (Lipinski definition) is 1. The second kappa shape index (κ2) is 5.87. The average Bonchev–Trinajstić information content (AvgIpc) is 3.30. The number of esters is 1. The largest absolute Gasteiger partial charge is 0.472 e. The normalized spacial score (nSPS) is 53.4. The number of hydrogen-bond acceptors (Lipinski definition) is 6. The molecule has 9 atom stereocenters. The van der Waals surface area contributed by atoms with Crippen LogP contribution < -0.4 is 0 Å². The summed E-state index contributed by atoms with van der Waals surface area (Å²) in [6, 6.07) is 1.85. The molecule has 0 amide bonds. The topological polar surface area (TPSA) is 89.3 Å². The van der Waals surface area contributed by atoms with Gasteiger partial charge in [-0.2, -0.15) is 0 Å². The number of ketones is 1. The molecule has 2 saturated heterocycles. The second-order valence-electron chi connectivity index (χ2n) is 12.4. The van der Waals surface area contributed by atoms with Crippen LogP contribution in [0.4, 0.5) is 0 Å². The van der Waals surface area contributed by atoms with E-state index in [9.17, 15) is 14.7 Å². The summed E-state index contributed by atoms with van der Waals surface area (Å²) in [6.07, 6.45) is 5.41. The molecule has 1 aromatic rings. The Balaban J connectivity index is 1.50. The number of ether oxygens (including phenoxy) is 2. The molecule has 3 aliphatic carbocycles. The van der Waals surface area contributed by atoms with Gasteiger partial charge in [0.15, 0.2) is 6.10 Å². The molecule has 3 saturated carbocycles. The lowest BCUT2D eigenvalue weighted by Crippen LogP contribution is -2.72. The molecule has 3 heterocycles. The van der Waals surface area contributed by atoms with Gasteiger partial charge in [-0.15, -0.1) is 0 Å². The minimum atomic E-state index is -0.856. The highest BCUT2D eigenvalue weighted by Crippen LogP contribution is 2.79. The van der Waals surface area contributed by atoms with Crippen LogP contribution in [0.15, 0.2) is 23.0 Å². The zero-order chi connectivity index (χ0) is 22.9. The zero-order valence-electron chi connectivity index (χ0n) is 19.6. The molecule has 6 rings (SSSR count). The Morgan fingerprint density at radius 2 is 1.75 bits per heavy atom. The van der Waals surface area contributed by atoms with Gasteiger partial charge >= 0.3 is 5.97 Å². The van der Waals surface area contributed by atoms with Crippen molar-refractivity contribution in [1.82, 2.24) is 0 Å². The Morgan fingerprint density at radius 1 is 1.00 bits per heavy atom. The van der Waals surface area contributed by atoms with E-state index in [1.165, 1.54) is 0 Å². The summed E-state index contributed by atoms with van der Waals surface area (Å²) >= 11 is 0. The summed E-state index contributed by atoms with van der Waals surface area (Å²) in [5, 5.41) is 10.8. The van der Waals surface area contributed by atoms with Crippen LogP contribution in [0.2, 0.25) is 0 Å². The minimum absolute atomic E-state index is 0.0928. The number of rotatable bonds is 1. The zero-order valence-corrected chi connectivity index (χ0v) is 19.6. The first-order chi connectivity index (χ1) is 14.9. The number of furan rings is 1. The highest BCUT2D eigenvalue weighted by Gasteiger charge is 2.88. The average molecular weight is 443 g/mol. The summed E-state index contributed by atoms with van der Waals surface area (Å²) in [7, 11) is 0. The lowest BCUT2D eigenvalue weighted by atomic mass is 9.35. The van der Waals surface area contributed by atoms with E-state index >= 15 is 0 Å². The minimum Gasteiger partial charge on any atom is -0.472 e. The smallest absolute Gasteiger partial charge is 0.339 e. The van der Waals surface area contributed by atoms with Gasteiger partial charge in [-0.05, 0) is 61.3 Å². The number of carbonyl (C=O) groups is 2. The van der Waals surface area contributed by atoms with Crippen LogP contribution in [0.3, 0.4) is 0 Å². The third-order valence-corrected chi connectivity index (χ3v) is 11.0. The molecule has 5 fully saturated rings. The van der Waals surface area contributed by atoms with Gasteiger partial charge in [0.25, 0.3) is 0 Å². The number of carbonyl (C=O) groups excluding carboxylic acids is 2. The first-order valence-electron chi connectivity index (χ1n) is 12.1. The van der Waals surface area contributed by atoms with E-state index in [-0.39, 0.29) is 34.4 Å². The van der Waals surface area contributed by atoms with Crippen molar-refractivity contribution in [2.75, 3.05) is 0 Å². The number of aliphatic hydroxyl groups excluding tert-OH is 1. The fourth-order valence-electron chi connectivity index (χ4n) is 9.24. The summed E-state index contributed by atoms with van der Waals surface area (Å²) in [5.41, 5.74) is -1.73. The summed E-state index contributed by atoms with van der Waals surface area (Å²) in [4.78, 5) is 27.2. The molecule has 1 spiro atoms. The first-order valence-corrected chi connectivity index (χ1v) is 12.1. The third-order valence-electron chi connectivity index (χ3n) is 11.0. The maximum Gasteiger partial charge on any atom is 0.339 e. The molecule has 2 aliphatic heterocycles. The standard InChI is InChI=1S/C26H34O6/c1-22(2)16-12-18(28)25(5)15(23(16,3)9-7-17(22)27)6-10-24(4)19(14-8-11-30-13-14)31-21(29)20-26(24,25)32-20/h8,11,13,15-17,19-20,27H,6-7,9-10,12H2,1-5H3/t15-,16+,17-,19+,20-,23-,24+,25+,26-/m1/s1. The molecule has 0 radical (unpaired) electrons. The van der Waals surface area contributed by atoms with E-state index in [1.807, 2.05) is 6.07 Å². The van der Waals surface area contributed by atoms with Crippen LogP contribution >= 0.6 is 0 Å². The van der Waals surface area contributed by atoms with Gasteiger partial charge in [0.05, 0.1) is 24.0 Å². The number of Topliss-reactive ketones (excluding diaryl/α,β-unsaturated/α-hetero) is 1. The molecule has 32 heavy (non-hydrogen) atoms. The lowest BCUT2D eigenvalue weighted by Gasteiger charge is -2.68. The van der Waals surface area contributed by atoms with E-state index in [1.54, 1.807) is 12.5 Å². The maximum atomic E-state index is 14.1. The van der Waals surface area contributed by atoms with E-state index in [0.717, 1.165) is 31.2 Å². The highest BCUT2D eigenvalue weighted by molar-refractivity contribution is 5.93. The van der Waals surface area contributed by atoms with E-state index < -0.39 is 34.7 Å². The van der Waals surface area contributed by atoms with Gasteiger partial charge in [0.1, 0.15) is 17.5 Å². The Kier molecular flexibility index (Phi) is 3.84. The van der Waals surface area contributed by atoms with Crippen molar-refractivity contribution < 1.29 is 28.6 Å². The SMILES string of the molecule is CC1(C)[C@H](O)CC[C@]2(C)[C@H]3CC[C@@]4(C)[C@H](c5ccoc5)OC(=O)[C@H]5O[C@]54[C@]3(C)C(=O)C[C@@H]12. The van der Waals surface area contributed by atoms with E-state index in [0.29, 0.717) is 6.42 Å². The summed E-state index contributed by atoms with van der Waals surface area (Å²) in [6.45, 7) is 10.8. The van der Waals surface area contributed by atoms with Crippen LogP contribution in [-0.2, 0) is 19.1 Å². The quantitative estimate of drug-likeness (QED) is 0.518. The molecule has 1 aromatic heterocycles. The highest BCUT2D eigenvalue weighted by atomic mass is 16.7. The Labute approximate surface area is 189 Å². The van der Waals surface area contributed by atoms with Crippen LogP contribution in [0.25, 0.3) is 0 Å². The molecular weight excluding hydrogens is 408 g/mol. The second-order valence-corrected chi connectivity index (χ2v) is 12.4. The van der Waals surface area contributed by atoms with Crippen molar-refractivity contribution in [3.63, 3.8) is 0 Å². The predicted octanol–water partition coefficient (Wildman–Crippen LogP) is 4.21. The van der Waals surface area contributed by atoms with Gasteiger partial charge in [-0.25, -0.2) is 4.79 Å². The first kappa shape index (κ1) is 20.9. The van der Waals surface area contributed by atoms with Crippen LogP contribution in [0, 0.1) is 33.5 Å². The third kappa shape index (κ3) is 2.02. The molecule has 0 unspecified atom stereocenters. The molecule has 0 bridgehead atoms. The Morgan fingerprint density at radius 3 is 2.44 bits per heavy atom. The van der Waals surface area contributed by atoms with Crippen LogP contribution in [0.1, 0.15) is 78.4 Å². The molecule has 174 valence electrons. The van der Waals surface area contributed by atoms with Crippen molar-refractivity contribution >= 4 is 11.8 Å². The fourth-order valence-corrected chi connectivity index (χ4v) is 9.24. The molecule has 0 aromatic carbocycles. The molecule has 6 heteroatoms. The number of cyclic esters (lactones) is 1. The predicted molar refractivity (Wildman–Crippen MR) is 114 cm³/mol. The lowest BCUT2D eigenvalue weighted by molar-refractivity contribution is -0.230. The van der Waals surface area contributed by atoms with Gasteiger partial charge in [-0.3, -0.25) is 4.79 Å². The summed E-state index contributed by atoms with van der Waals surface area (Å²) in [5.74, 6) is 0.0285. The van der Waals surface area contributed by atoms with Gasteiger partial charge < -0.3 is 19.0 Å². The van der Waals surface area contributed by atoms with E-state index in [4.69, 9.17) is 13.9 Å². The monoisotopic (exact) mass is 442 g/mol. The van der Waals surface area contributed by atoms with Crippen LogP contribution in [-0.4, -0.2) is 34.7 Å². The molecular formula is C26H34O6. The van der Waals surface area contributed by atoms with Crippen molar-refractivity contribution in [1.29, 1.82) is 0 Å². The van der Waals surface area contributed by atoms with Crippen LogP contribution in [0.5, 0.6) is 0 Å². The van der Waals surface area contributed by atoms with Gasteiger partial charge in [0.2, 0.25) is 0 Å². The van der Waals surface area contributed by atoms with Crippen molar-refractivity contribution in [3.05, 3.63) is 24.2 Å². The Hall–Kier alpha value is -1.66. The van der Waals surface area contributed by atoms with Gasteiger partial charge in [-0.1, -0.05) is 27.7 Å². The van der Waals surface area contributed by atoms with Gasteiger partial charge in [0, 0.05) is 17.4 Å². The fraction of sp³-hybridized carbons (Fsp3) is 0.769. The maximum absolute atomic E-state index is 14.1. The molecule has 5 aliphatic rings. The van der Waals surface area contributed by atoms with Crippen molar-refractivity contribution in [2.45, 2.75) is 90.6 Å². The molecule has 1 N–H and O–H groups in total. The summed E-state index contributed by atoms with van der Waals surface area (Å²) < 4.78 is 17.6.